The summed E-state index contributed by atoms with van der Waals surface area (Å²) in [4.78, 5) is 0.228. The first kappa shape index (κ1) is 17.5. The Hall–Kier alpha value is -1.86. The van der Waals surface area contributed by atoms with Crippen LogP contribution in [0, 0.1) is 6.92 Å². The minimum atomic E-state index is -3.57. The van der Waals surface area contributed by atoms with Gasteiger partial charge in [-0.3, -0.25) is 4.68 Å². The van der Waals surface area contributed by atoms with Crippen molar-refractivity contribution in [1.82, 2.24) is 14.5 Å². The number of para-hydroxylation sites is 1. The van der Waals surface area contributed by atoms with Crippen molar-refractivity contribution in [3.05, 3.63) is 41.7 Å². The highest BCUT2D eigenvalue weighted by atomic mass is 32.2. The van der Waals surface area contributed by atoms with Crippen LogP contribution in [0.3, 0.4) is 0 Å². The molecule has 1 aromatic carbocycles. The SMILES string of the molecule is COc1ccccc1CCNS(=O)(=O)c1cn(C(C)C)nc1C. The molecule has 126 valence electrons. The number of rotatable bonds is 7. The molecule has 0 saturated heterocycles. The zero-order valence-corrected chi connectivity index (χ0v) is 14.7. The van der Waals surface area contributed by atoms with E-state index < -0.39 is 10.0 Å². The molecule has 1 aromatic heterocycles. The fourth-order valence-electron chi connectivity index (χ4n) is 2.30. The number of benzene rings is 1. The van der Waals surface area contributed by atoms with Gasteiger partial charge in [0.15, 0.2) is 0 Å². The smallest absolute Gasteiger partial charge is 0.243 e. The summed E-state index contributed by atoms with van der Waals surface area (Å²) in [6.07, 6.45) is 2.13. The predicted molar refractivity (Wildman–Crippen MR) is 89.2 cm³/mol. The molecule has 1 N–H and O–H groups in total. The van der Waals surface area contributed by atoms with Gasteiger partial charge < -0.3 is 4.74 Å². The van der Waals surface area contributed by atoms with E-state index in [2.05, 4.69) is 9.82 Å². The number of aromatic nitrogens is 2. The number of hydrogen-bond donors (Lipinski definition) is 1. The van der Waals surface area contributed by atoms with Crippen LogP contribution in [-0.4, -0.2) is 31.9 Å². The largest absolute Gasteiger partial charge is 0.496 e. The maximum absolute atomic E-state index is 12.4. The summed E-state index contributed by atoms with van der Waals surface area (Å²) >= 11 is 0. The minimum Gasteiger partial charge on any atom is -0.496 e. The summed E-state index contributed by atoms with van der Waals surface area (Å²) < 4.78 is 34.4. The third-order valence-electron chi connectivity index (χ3n) is 3.57. The van der Waals surface area contributed by atoms with Crippen molar-refractivity contribution in [3.8, 4) is 5.75 Å². The fourth-order valence-corrected chi connectivity index (χ4v) is 3.50. The highest BCUT2D eigenvalue weighted by Crippen LogP contribution is 2.19. The fraction of sp³-hybridized carbons (Fsp3) is 0.438. The van der Waals surface area contributed by atoms with Crippen molar-refractivity contribution >= 4 is 10.0 Å². The zero-order valence-electron chi connectivity index (χ0n) is 13.9. The van der Waals surface area contributed by atoms with Gasteiger partial charge in [-0.1, -0.05) is 18.2 Å². The van der Waals surface area contributed by atoms with Crippen molar-refractivity contribution in [2.24, 2.45) is 0 Å². The van der Waals surface area contributed by atoms with Gasteiger partial charge >= 0.3 is 0 Å². The number of aryl methyl sites for hydroxylation is 1. The van der Waals surface area contributed by atoms with Crippen LogP contribution in [0.1, 0.15) is 31.1 Å². The topological polar surface area (TPSA) is 73.2 Å². The summed E-state index contributed by atoms with van der Waals surface area (Å²) in [7, 11) is -1.96. The van der Waals surface area contributed by atoms with Gasteiger partial charge in [0.05, 0.1) is 12.8 Å². The second-order valence-electron chi connectivity index (χ2n) is 5.61. The van der Waals surface area contributed by atoms with E-state index in [0.717, 1.165) is 11.3 Å². The van der Waals surface area contributed by atoms with E-state index in [-0.39, 0.29) is 10.9 Å². The third kappa shape index (κ3) is 4.11. The first-order chi connectivity index (χ1) is 10.8. The van der Waals surface area contributed by atoms with Crippen molar-refractivity contribution in [2.75, 3.05) is 13.7 Å². The number of methoxy groups -OCH3 is 1. The second kappa shape index (κ2) is 7.14. The molecular weight excluding hydrogens is 314 g/mol. The van der Waals surface area contributed by atoms with Crippen LogP contribution in [0.5, 0.6) is 5.75 Å². The summed E-state index contributed by atoms with van der Waals surface area (Å²) in [5.41, 5.74) is 1.47. The van der Waals surface area contributed by atoms with Crippen LogP contribution in [0.4, 0.5) is 0 Å². The van der Waals surface area contributed by atoms with Gasteiger partial charge in [0.2, 0.25) is 10.0 Å². The van der Waals surface area contributed by atoms with Crippen LogP contribution >= 0.6 is 0 Å². The first-order valence-corrected chi connectivity index (χ1v) is 9.00. The number of nitrogens with one attached hydrogen (secondary N) is 1. The molecule has 23 heavy (non-hydrogen) atoms. The maximum atomic E-state index is 12.4. The lowest BCUT2D eigenvalue weighted by Crippen LogP contribution is -2.26. The number of hydrogen-bond acceptors (Lipinski definition) is 4. The molecule has 2 rings (SSSR count). The Bertz CT molecular complexity index is 767. The van der Waals surface area contributed by atoms with Crippen molar-refractivity contribution < 1.29 is 13.2 Å². The van der Waals surface area contributed by atoms with E-state index in [4.69, 9.17) is 4.74 Å². The molecular formula is C16H23N3O3S. The van der Waals surface area contributed by atoms with Crippen molar-refractivity contribution in [2.45, 2.75) is 38.1 Å². The Morgan fingerprint density at radius 1 is 1.30 bits per heavy atom. The average Bonchev–Trinajstić information content (AvgIpc) is 2.91. The molecule has 0 bridgehead atoms. The van der Waals surface area contributed by atoms with Crippen LogP contribution in [0.25, 0.3) is 0 Å². The van der Waals surface area contributed by atoms with Gasteiger partial charge in [-0.2, -0.15) is 5.10 Å². The zero-order chi connectivity index (χ0) is 17.0. The predicted octanol–water partition coefficient (Wildman–Crippen LogP) is 2.30. The number of ether oxygens (including phenoxy) is 1. The molecule has 0 spiro atoms. The summed E-state index contributed by atoms with van der Waals surface area (Å²) in [6.45, 7) is 5.92. The lowest BCUT2D eigenvalue weighted by atomic mass is 10.1. The first-order valence-electron chi connectivity index (χ1n) is 7.52. The molecule has 0 amide bonds. The van der Waals surface area contributed by atoms with E-state index in [1.54, 1.807) is 24.9 Å². The maximum Gasteiger partial charge on any atom is 0.243 e. The Balaban J connectivity index is 2.07. The van der Waals surface area contributed by atoms with Crippen LogP contribution < -0.4 is 9.46 Å². The van der Waals surface area contributed by atoms with Crippen LogP contribution in [-0.2, 0) is 16.4 Å². The highest BCUT2D eigenvalue weighted by Gasteiger charge is 2.20. The molecule has 1 heterocycles. The molecule has 0 aliphatic rings. The van der Waals surface area contributed by atoms with E-state index in [9.17, 15) is 8.42 Å². The van der Waals surface area contributed by atoms with E-state index in [0.29, 0.717) is 18.7 Å². The van der Waals surface area contributed by atoms with Crippen LogP contribution in [0.15, 0.2) is 35.4 Å². The average molecular weight is 337 g/mol. The minimum absolute atomic E-state index is 0.117. The second-order valence-corrected chi connectivity index (χ2v) is 7.35. The Labute approximate surface area is 137 Å². The summed E-state index contributed by atoms with van der Waals surface area (Å²) in [5, 5.41) is 4.25. The Morgan fingerprint density at radius 3 is 2.61 bits per heavy atom. The van der Waals surface area contributed by atoms with Gasteiger partial charge in [-0.25, -0.2) is 13.1 Å². The van der Waals surface area contributed by atoms with Gasteiger partial charge in [-0.05, 0) is 38.8 Å². The molecule has 0 atom stereocenters. The normalized spacial score (nSPS) is 11.9. The quantitative estimate of drug-likeness (QED) is 0.841. The molecule has 0 radical (unpaired) electrons. The van der Waals surface area contributed by atoms with Gasteiger partial charge in [0.1, 0.15) is 10.6 Å². The summed E-state index contributed by atoms with van der Waals surface area (Å²) in [6, 6.07) is 7.70. The molecule has 6 nitrogen and oxygen atoms in total. The Kier molecular flexibility index (Phi) is 5.43. The van der Waals surface area contributed by atoms with E-state index in [1.165, 1.54) is 0 Å². The standard InChI is InChI=1S/C16H23N3O3S/c1-12(2)19-11-16(13(3)18-19)23(20,21)17-10-9-14-7-5-6-8-15(14)22-4/h5-8,11-12,17H,9-10H2,1-4H3. The highest BCUT2D eigenvalue weighted by molar-refractivity contribution is 7.89. The third-order valence-corrected chi connectivity index (χ3v) is 5.13. The van der Waals surface area contributed by atoms with Gasteiger partial charge in [0, 0.05) is 18.8 Å². The van der Waals surface area contributed by atoms with Crippen LogP contribution in [0.2, 0.25) is 0 Å². The lowest BCUT2D eigenvalue weighted by molar-refractivity contribution is 0.409. The lowest BCUT2D eigenvalue weighted by Gasteiger charge is -2.09. The van der Waals surface area contributed by atoms with E-state index in [1.807, 2.05) is 38.1 Å². The van der Waals surface area contributed by atoms with Gasteiger partial charge in [-0.15, -0.1) is 0 Å². The number of sulfonamides is 1. The van der Waals surface area contributed by atoms with Crippen molar-refractivity contribution in [3.63, 3.8) is 0 Å². The Morgan fingerprint density at radius 2 is 2.00 bits per heavy atom. The molecule has 0 unspecified atom stereocenters. The molecule has 7 heteroatoms. The molecule has 2 aromatic rings. The summed E-state index contributed by atoms with van der Waals surface area (Å²) in [5.74, 6) is 0.760. The van der Waals surface area contributed by atoms with Gasteiger partial charge in [0.25, 0.3) is 0 Å². The molecule has 0 aliphatic heterocycles. The van der Waals surface area contributed by atoms with E-state index >= 15 is 0 Å². The molecule has 0 saturated carbocycles. The monoisotopic (exact) mass is 337 g/mol. The molecule has 0 aliphatic carbocycles. The molecule has 0 fully saturated rings. The van der Waals surface area contributed by atoms with Crippen molar-refractivity contribution in [1.29, 1.82) is 0 Å². The number of nitrogens with zero attached hydrogens (tertiary/aromatic N) is 2.